The van der Waals surface area contributed by atoms with Crippen LogP contribution >= 0.6 is 0 Å². The number of H-pyrrole nitrogens is 1. The third-order valence-electron chi connectivity index (χ3n) is 4.50. The van der Waals surface area contributed by atoms with Gasteiger partial charge in [0.05, 0.1) is 5.56 Å². The molecule has 0 bridgehead atoms. The Balaban J connectivity index is 1.62. The number of ether oxygens (including phenoxy) is 1. The van der Waals surface area contributed by atoms with Crippen molar-refractivity contribution in [2.75, 3.05) is 5.32 Å². The molecule has 3 rings (SSSR count). The van der Waals surface area contributed by atoms with Gasteiger partial charge < -0.3 is 9.84 Å². The predicted molar refractivity (Wildman–Crippen MR) is 115 cm³/mol. The van der Waals surface area contributed by atoms with Gasteiger partial charge in [0, 0.05) is 11.6 Å². The Bertz CT molecular complexity index is 1080. The van der Waals surface area contributed by atoms with E-state index in [0.717, 1.165) is 17.5 Å². The number of hydrogen-bond acceptors (Lipinski definition) is 7. The summed E-state index contributed by atoms with van der Waals surface area (Å²) in [5, 5.41) is 25.8. The summed E-state index contributed by atoms with van der Waals surface area (Å²) in [4.78, 5) is 23.5. The van der Waals surface area contributed by atoms with Crippen LogP contribution in [-0.2, 0) is 17.8 Å². The summed E-state index contributed by atoms with van der Waals surface area (Å²) in [6, 6.07) is 10.8. The molecule has 3 N–H and O–H groups in total. The van der Waals surface area contributed by atoms with Crippen molar-refractivity contribution in [1.82, 2.24) is 20.6 Å². The number of anilines is 1. The maximum absolute atomic E-state index is 11.8. The lowest BCUT2D eigenvalue weighted by Crippen LogP contribution is -2.09. The lowest BCUT2D eigenvalue weighted by atomic mass is 10.0. The normalized spacial score (nSPS) is 10.9. The Morgan fingerprint density at radius 2 is 1.97 bits per heavy atom. The van der Waals surface area contributed by atoms with Gasteiger partial charge in [-0.3, -0.25) is 14.9 Å². The summed E-state index contributed by atoms with van der Waals surface area (Å²) < 4.78 is 5.91. The molecule has 0 unspecified atom stereocenters. The molecule has 0 atom stereocenters. The molecular formula is C22H23N5O4. The molecular weight excluding hydrogens is 398 g/mol. The van der Waals surface area contributed by atoms with Gasteiger partial charge >= 0.3 is 0 Å². The zero-order chi connectivity index (χ0) is 22.2. The molecule has 1 aromatic heterocycles. The number of Topliss-reactive ketones (excluding diaryl/α,β-unsaturated/α-hetero) is 1. The van der Waals surface area contributed by atoms with Crippen LogP contribution in [0, 0.1) is 0 Å². The number of amides is 1. The fraction of sp³-hybridized carbons (Fsp3) is 0.227. The molecule has 0 spiro atoms. The smallest absolute Gasteiger partial charge is 0.270 e. The number of rotatable bonds is 9. The monoisotopic (exact) mass is 421 g/mol. The van der Waals surface area contributed by atoms with Crippen LogP contribution in [-0.4, -0.2) is 37.4 Å². The Hall–Kier alpha value is -4.01. The van der Waals surface area contributed by atoms with E-state index in [0.29, 0.717) is 29.9 Å². The highest BCUT2D eigenvalue weighted by atomic mass is 16.5. The number of nitrogens with zero attached hydrogens (tertiary/aromatic N) is 3. The second kappa shape index (κ2) is 10.1. The van der Waals surface area contributed by atoms with Gasteiger partial charge in [-0.1, -0.05) is 42.7 Å². The Labute approximate surface area is 179 Å². The summed E-state index contributed by atoms with van der Waals surface area (Å²) >= 11 is 0. The highest BCUT2D eigenvalue weighted by Crippen LogP contribution is 2.33. The third-order valence-corrected chi connectivity index (χ3v) is 4.50. The molecule has 9 heteroatoms. The van der Waals surface area contributed by atoms with Gasteiger partial charge in [-0.05, 0) is 47.9 Å². The first kappa shape index (κ1) is 21.7. The van der Waals surface area contributed by atoms with Crippen LogP contribution in [0.5, 0.6) is 11.5 Å². The average Bonchev–Trinajstić information content (AvgIpc) is 3.26. The van der Waals surface area contributed by atoms with Crippen molar-refractivity contribution >= 4 is 23.7 Å². The van der Waals surface area contributed by atoms with Gasteiger partial charge in [0.15, 0.2) is 5.78 Å². The molecule has 1 amide bonds. The van der Waals surface area contributed by atoms with Crippen LogP contribution in [0.2, 0.25) is 0 Å². The summed E-state index contributed by atoms with van der Waals surface area (Å²) in [5.74, 6) is 0.104. The summed E-state index contributed by atoms with van der Waals surface area (Å²) in [7, 11) is 0. The summed E-state index contributed by atoms with van der Waals surface area (Å²) in [6.45, 7) is 3.73. The highest BCUT2D eigenvalue weighted by molar-refractivity contribution is 6.00. The average molecular weight is 421 g/mol. The van der Waals surface area contributed by atoms with Crippen molar-refractivity contribution in [1.29, 1.82) is 0 Å². The number of aromatic nitrogens is 4. The van der Waals surface area contributed by atoms with Crippen LogP contribution in [0.4, 0.5) is 5.95 Å². The lowest BCUT2D eigenvalue weighted by Gasteiger charge is -2.14. The molecule has 0 aliphatic heterocycles. The molecule has 0 fully saturated rings. The fourth-order valence-corrected chi connectivity index (χ4v) is 2.95. The van der Waals surface area contributed by atoms with E-state index < -0.39 is 0 Å². The topological polar surface area (TPSA) is 130 Å². The molecule has 0 radical (unpaired) electrons. The lowest BCUT2D eigenvalue weighted by molar-refractivity contribution is -0.111. The maximum atomic E-state index is 11.8. The number of benzene rings is 2. The first-order chi connectivity index (χ1) is 15.0. The number of phenols is 1. The van der Waals surface area contributed by atoms with Gasteiger partial charge in [-0.15, -0.1) is 5.10 Å². The largest absolute Gasteiger partial charge is 0.507 e. The Morgan fingerprint density at radius 1 is 1.19 bits per heavy atom. The predicted octanol–water partition coefficient (Wildman–Crippen LogP) is 3.29. The van der Waals surface area contributed by atoms with Gasteiger partial charge in [0.2, 0.25) is 0 Å². The van der Waals surface area contributed by atoms with E-state index in [9.17, 15) is 14.7 Å². The number of carbonyl (C=O) groups is 2. The number of ketones is 1. The Kier molecular flexibility index (Phi) is 7.10. The van der Waals surface area contributed by atoms with E-state index in [-0.39, 0.29) is 23.4 Å². The first-order valence-electron chi connectivity index (χ1n) is 9.78. The quantitative estimate of drug-likeness (QED) is 0.357. The van der Waals surface area contributed by atoms with E-state index >= 15 is 0 Å². The molecule has 2 aromatic carbocycles. The number of nitrogens with one attached hydrogen (secondary N) is 2. The van der Waals surface area contributed by atoms with E-state index in [4.69, 9.17) is 4.74 Å². The molecule has 1 heterocycles. The van der Waals surface area contributed by atoms with Gasteiger partial charge in [0.1, 0.15) is 18.1 Å². The number of tetrazole rings is 1. The van der Waals surface area contributed by atoms with Crippen molar-refractivity contribution in [3.63, 3.8) is 0 Å². The molecule has 0 aliphatic rings. The second-order valence-electron chi connectivity index (χ2n) is 6.83. The molecule has 0 saturated heterocycles. The number of hydrogen-bond donors (Lipinski definition) is 3. The number of aromatic amines is 1. The molecule has 31 heavy (non-hydrogen) atoms. The first-order valence-corrected chi connectivity index (χ1v) is 9.78. The third kappa shape index (κ3) is 5.75. The zero-order valence-corrected chi connectivity index (χ0v) is 17.3. The zero-order valence-electron chi connectivity index (χ0n) is 17.3. The fourth-order valence-electron chi connectivity index (χ4n) is 2.95. The van der Waals surface area contributed by atoms with E-state index in [1.165, 1.54) is 13.0 Å². The van der Waals surface area contributed by atoms with Gasteiger partial charge in [-0.25, -0.2) is 0 Å². The molecule has 0 saturated carbocycles. The van der Waals surface area contributed by atoms with Crippen molar-refractivity contribution in [3.8, 4) is 11.5 Å². The summed E-state index contributed by atoms with van der Waals surface area (Å²) in [5.41, 5.74) is 2.70. The van der Waals surface area contributed by atoms with Gasteiger partial charge in [-0.2, -0.15) is 5.21 Å². The van der Waals surface area contributed by atoms with Crippen molar-refractivity contribution in [3.05, 3.63) is 64.7 Å². The minimum atomic E-state index is -0.369. The minimum Gasteiger partial charge on any atom is -0.507 e. The van der Waals surface area contributed by atoms with Crippen LogP contribution in [0.3, 0.4) is 0 Å². The van der Waals surface area contributed by atoms with Crippen LogP contribution in [0.15, 0.2) is 42.5 Å². The second-order valence-corrected chi connectivity index (χ2v) is 6.83. The van der Waals surface area contributed by atoms with Crippen molar-refractivity contribution in [2.45, 2.75) is 33.3 Å². The number of phenolic OH excluding ortho intramolecular Hbond substituents is 1. The number of aromatic hydroxyl groups is 1. The van der Waals surface area contributed by atoms with E-state index in [2.05, 4.69) is 25.9 Å². The summed E-state index contributed by atoms with van der Waals surface area (Å²) in [6.07, 6.45) is 4.46. The van der Waals surface area contributed by atoms with Crippen molar-refractivity contribution in [2.24, 2.45) is 0 Å². The maximum Gasteiger partial charge on any atom is 0.270 e. The van der Waals surface area contributed by atoms with E-state index in [1.54, 1.807) is 18.2 Å². The van der Waals surface area contributed by atoms with E-state index in [1.807, 2.05) is 31.2 Å². The molecule has 160 valence electrons. The van der Waals surface area contributed by atoms with Gasteiger partial charge in [0.25, 0.3) is 11.9 Å². The van der Waals surface area contributed by atoms with Crippen LogP contribution in [0.1, 0.15) is 47.3 Å². The van der Waals surface area contributed by atoms with Crippen molar-refractivity contribution < 1.29 is 19.4 Å². The molecule has 9 nitrogen and oxygen atoms in total. The Morgan fingerprint density at radius 3 is 2.61 bits per heavy atom. The number of carbonyl (C=O) groups excluding carboxylic acids is 2. The SMILES string of the molecule is CCCc1c(OCc2ccc(/C=C/C(=O)Nc3nn[nH]n3)cc2)ccc(C(C)=O)c1O. The molecule has 0 aliphatic carbocycles. The van der Waals surface area contributed by atoms with Crippen LogP contribution in [0.25, 0.3) is 6.08 Å². The van der Waals surface area contributed by atoms with Crippen LogP contribution < -0.4 is 10.1 Å². The highest BCUT2D eigenvalue weighted by Gasteiger charge is 2.16. The standard InChI is InChI=1S/C22H23N5O4/c1-3-4-18-19(11-10-17(14(2)28)21(18)30)31-13-16-7-5-15(6-8-16)9-12-20(29)23-22-24-26-27-25-22/h5-12,30H,3-4,13H2,1-2H3,(H2,23,24,25,26,27,29)/b12-9+. The minimum absolute atomic E-state index is 0.00793. The molecule has 3 aromatic rings.